The second kappa shape index (κ2) is 9.27. The zero-order chi connectivity index (χ0) is 22.1. The summed E-state index contributed by atoms with van der Waals surface area (Å²) in [5, 5.41) is 0.925. The fourth-order valence-corrected chi connectivity index (χ4v) is 5.47. The molecule has 5 nitrogen and oxygen atoms in total. The van der Waals surface area contributed by atoms with E-state index in [4.69, 9.17) is 23.2 Å². The van der Waals surface area contributed by atoms with E-state index in [0.29, 0.717) is 18.0 Å². The van der Waals surface area contributed by atoms with Gasteiger partial charge >= 0.3 is 0 Å². The number of hydrogen-bond acceptors (Lipinski definition) is 3. The number of rotatable bonds is 6. The molecule has 0 bridgehead atoms. The van der Waals surface area contributed by atoms with Gasteiger partial charge in [-0.2, -0.15) is 4.31 Å². The van der Waals surface area contributed by atoms with Crippen molar-refractivity contribution in [2.75, 3.05) is 13.6 Å². The fraction of sp³-hybridized carbons (Fsp3) is 0.409. The van der Waals surface area contributed by atoms with Crippen molar-refractivity contribution in [1.29, 1.82) is 0 Å². The molecule has 3 rings (SSSR count). The predicted molar refractivity (Wildman–Crippen MR) is 121 cm³/mol. The molecule has 1 fully saturated rings. The molecular weight excluding hydrogens is 443 g/mol. The minimum absolute atomic E-state index is 0.00734. The molecule has 1 aliphatic heterocycles. The third-order valence-corrected chi connectivity index (χ3v) is 8.35. The summed E-state index contributed by atoms with van der Waals surface area (Å²) in [7, 11) is -2.19. The Balaban J connectivity index is 1.90. The van der Waals surface area contributed by atoms with E-state index in [9.17, 15) is 13.2 Å². The van der Waals surface area contributed by atoms with Gasteiger partial charge in [-0.3, -0.25) is 4.79 Å². The lowest BCUT2D eigenvalue weighted by Crippen LogP contribution is -2.37. The second-order valence-corrected chi connectivity index (χ2v) is 10.7. The van der Waals surface area contributed by atoms with E-state index in [1.54, 1.807) is 18.7 Å². The van der Waals surface area contributed by atoms with Crippen LogP contribution in [0, 0.1) is 0 Å². The summed E-state index contributed by atoms with van der Waals surface area (Å²) in [6, 6.07) is 11.7. The van der Waals surface area contributed by atoms with Gasteiger partial charge in [-0.1, -0.05) is 41.4 Å². The predicted octanol–water partition coefficient (Wildman–Crippen LogP) is 4.87. The van der Waals surface area contributed by atoms with Crippen LogP contribution in [0.4, 0.5) is 0 Å². The van der Waals surface area contributed by atoms with E-state index >= 15 is 0 Å². The van der Waals surface area contributed by atoms with Gasteiger partial charge < -0.3 is 4.90 Å². The van der Waals surface area contributed by atoms with E-state index in [-0.39, 0.29) is 33.5 Å². The maximum absolute atomic E-state index is 13.3. The highest BCUT2D eigenvalue weighted by Crippen LogP contribution is 2.29. The Morgan fingerprint density at radius 1 is 1.17 bits per heavy atom. The lowest BCUT2D eigenvalue weighted by Gasteiger charge is -2.26. The minimum atomic E-state index is -3.72. The first-order valence-electron chi connectivity index (χ1n) is 9.95. The average Bonchev–Trinajstić information content (AvgIpc) is 3.17. The summed E-state index contributed by atoms with van der Waals surface area (Å²) in [6.07, 6.45) is 2.40. The van der Waals surface area contributed by atoms with Crippen LogP contribution >= 0.6 is 23.2 Å². The van der Waals surface area contributed by atoms with Gasteiger partial charge in [0.1, 0.15) is 0 Å². The van der Waals surface area contributed by atoms with Gasteiger partial charge in [0.15, 0.2) is 0 Å². The van der Waals surface area contributed by atoms with Gasteiger partial charge in [-0.05, 0) is 62.9 Å². The maximum atomic E-state index is 13.3. The number of amides is 1. The smallest absolute Gasteiger partial charge is 0.255 e. The largest absolute Gasteiger partial charge is 0.335 e. The number of benzene rings is 2. The molecule has 1 saturated heterocycles. The SMILES string of the molecule is CC(C)N(C)S(=O)(=O)c1ccc(Cl)c(C(=O)N2CCCC2Cc2ccccc2Cl)c1. The zero-order valence-corrected chi connectivity index (χ0v) is 19.6. The van der Waals surface area contributed by atoms with Crippen LogP contribution in [0.3, 0.4) is 0 Å². The number of likely N-dealkylation sites (tertiary alicyclic amines) is 1. The average molecular weight is 469 g/mol. The Morgan fingerprint density at radius 2 is 1.87 bits per heavy atom. The number of nitrogens with zero attached hydrogens (tertiary/aromatic N) is 2. The molecule has 0 spiro atoms. The molecule has 0 aromatic heterocycles. The van der Waals surface area contributed by atoms with Crippen molar-refractivity contribution in [3.8, 4) is 0 Å². The molecule has 1 unspecified atom stereocenters. The summed E-state index contributed by atoms with van der Waals surface area (Å²) in [6.45, 7) is 4.19. The van der Waals surface area contributed by atoms with E-state index in [1.165, 1.54) is 29.6 Å². The first-order valence-corrected chi connectivity index (χ1v) is 12.1. The Hall–Kier alpha value is -1.60. The molecule has 1 atom stereocenters. The van der Waals surface area contributed by atoms with E-state index < -0.39 is 10.0 Å². The third-order valence-electron chi connectivity index (χ3n) is 5.62. The van der Waals surface area contributed by atoms with Crippen LogP contribution < -0.4 is 0 Å². The number of hydrogen-bond donors (Lipinski definition) is 0. The lowest BCUT2D eigenvalue weighted by molar-refractivity contribution is 0.0736. The van der Waals surface area contributed by atoms with E-state index in [2.05, 4.69) is 0 Å². The normalized spacial score (nSPS) is 17.2. The molecule has 0 radical (unpaired) electrons. The molecule has 0 aliphatic carbocycles. The van der Waals surface area contributed by atoms with Crippen LogP contribution in [0.15, 0.2) is 47.4 Å². The van der Waals surface area contributed by atoms with Crippen molar-refractivity contribution in [2.24, 2.45) is 0 Å². The molecule has 1 amide bonds. The standard InChI is InChI=1S/C22H26Cl2N2O3S/c1-15(2)25(3)30(28,29)18-10-11-21(24)19(14-18)22(27)26-12-6-8-17(26)13-16-7-4-5-9-20(16)23/h4-5,7,9-11,14-15,17H,6,8,12-13H2,1-3H3. The van der Waals surface area contributed by atoms with Crippen LogP contribution in [0.1, 0.15) is 42.6 Å². The molecule has 2 aromatic carbocycles. The number of carbonyl (C=O) groups is 1. The summed E-state index contributed by atoms with van der Waals surface area (Å²) in [5.74, 6) is -0.251. The Morgan fingerprint density at radius 3 is 2.53 bits per heavy atom. The van der Waals surface area contributed by atoms with Crippen LogP contribution in [0.5, 0.6) is 0 Å². The molecule has 8 heteroatoms. The molecule has 0 N–H and O–H groups in total. The van der Waals surface area contributed by atoms with Crippen molar-refractivity contribution >= 4 is 39.1 Å². The van der Waals surface area contributed by atoms with Gasteiger partial charge in [0, 0.05) is 30.7 Å². The number of carbonyl (C=O) groups excluding carboxylic acids is 1. The van der Waals surface area contributed by atoms with Crippen molar-refractivity contribution in [3.05, 3.63) is 63.6 Å². The number of sulfonamides is 1. The topological polar surface area (TPSA) is 57.7 Å². The molecule has 1 aliphatic rings. The molecule has 0 saturated carbocycles. The Kier molecular flexibility index (Phi) is 7.13. The third kappa shape index (κ3) is 4.67. The highest BCUT2D eigenvalue weighted by Gasteiger charge is 2.32. The monoisotopic (exact) mass is 468 g/mol. The van der Waals surface area contributed by atoms with Gasteiger partial charge in [-0.15, -0.1) is 0 Å². The van der Waals surface area contributed by atoms with Gasteiger partial charge in [0.05, 0.1) is 15.5 Å². The van der Waals surface area contributed by atoms with Crippen LogP contribution in [-0.2, 0) is 16.4 Å². The Bertz CT molecular complexity index is 1040. The minimum Gasteiger partial charge on any atom is -0.335 e. The fourth-order valence-electron chi connectivity index (χ4n) is 3.66. The van der Waals surface area contributed by atoms with Gasteiger partial charge in [0.2, 0.25) is 10.0 Å². The molecule has 1 heterocycles. The van der Waals surface area contributed by atoms with Crippen LogP contribution in [0.25, 0.3) is 0 Å². The van der Waals surface area contributed by atoms with Crippen molar-refractivity contribution < 1.29 is 13.2 Å². The quantitative estimate of drug-likeness (QED) is 0.607. The lowest BCUT2D eigenvalue weighted by atomic mass is 10.0. The molecule has 162 valence electrons. The highest BCUT2D eigenvalue weighted by atomic mass is 35.5. The van der Waals surface area contributed by atoms with Gasteiger partial charge in [-0.25, -0.2) is 8.42 Å². The van der Waals surface area contributed by atoms with Gasteiger partial charge in [0.25, 0.3) is 5.91 Å². The van der Waals surface area contributed by atoms with Crippen molar-refractivity contribution in [1.82, 2.24) is 9.21 Å². The van der Waals surface area contributed by atoms with Crippen molar-refractivity contribution in [2.45, 2.75) is 50.1 Å². The summed E-state index contributed by atoms with van der Waals surface area (Å²) in [4.78, 5) is 15.2. The van der Waals surface area contributed by atoms with Crippen molar-refractivity contribution in [3.63, 3.8) is 0 Å². The number of halogens is 2. The molecule has 2 aromatic rings. The molecule has 30 heavy (non-hydrogen) atoms. The Labute approximate surface area is 188 Å². The zero-order valence-electron chi connectivity index (χ0n) is 17.3. The highest BCUT2D eigenvalue weighted by molar-refractivity contribution is 7.89. The van der Waals surface area contributed by atoms with E-state index in [1.807, 2.05) is 24.3 Å². The van der Waals surface area contributed by atoms with Crippen LogP contribution in [0.2, 0.25) is 10.0 Å². The summed E-state index contributed by atoms with van der Waals surface area (Å²) in [5.41, 5.74) is 1.20. The van der Waals surface area contributed by atoms with E-state index in [0.717, 1.165) is 18.4 Å². The first-order chi connectivity index (χ1) is 14.1. The maximum Gasteiger partial charge on any atom is 0.255 e. The summed E-state index contributed by atoms with van der Waals surface area (Å²) >= 11 is 12.6. The second-order valence-electron chi connectivity index (χ2n) is 7.85. The van der Waals surface area contributed by atoms with Crippen LogP contribution in [-0.4, -0.2) is 49.2 Å². The summed E-state index contributed by atoms with van der Waals surface area (Å²) < 4.78 is 27.0. The molecular formula is C22H26Cl2N2O3S. The first kappa shape index (κ1) is 23.1.